The van der Waals surface area contributed by atoms with Gasteiger partial charge in [-0.3, -0.25) is 5.43 Å². The normalized spacial score (nSPS) is 16.0. The van der Waals surface area contributed by atoms with Crippen molar-refractivity contribution in [2.45, 2.75) is 32.7 Å². The number of likely N-dealkylation sites (tertiary alicyclic amines) is 1. The van der Waals surface area contributed by atoms with Gasteiger partial charge in [-0.05, 0) is 74.2 Å². The lowest BCUT2D eigenvalue weighted by Crippen LogP contribution is -3.11. The average molecular weight is 359 g/mol. The summed E-state index contributed by atoms with van der Waals surface area (Å²) in [6, 6.07) is 13.2. The van der Waals surface area contributed by atoms with Gasteiger partial charge in [0.25, 0.3) is 0 Å². The zero-order chi connectivity index (χ0) is 17.6. The number of piperidine rings is 1. The van der Waals surface area contributed by atoms with Crippen LogP contribution in [0.15, 0.2) is 47.6 Å². The van der Waals surface area contributed by atoms with Crippen LogP contribution in [0, 0.1) is 0 Å². The molecule has 3 N–H and O–H groups in total. The fourth-order valence-corrected chi connectivity index (χ4v) is 3.31. The van der Waals surface area contributed by atoms with Gasteiger partial charge in [-0.2, -0.15) is 5.10 Å². The summed E-state index contributed by atoms with van der Waals surface area (Å²) in [4.78, 5) is 1.55. The van der Waals surface area contributed by atoms with E-state index in [9.17, 15) is 5.11 Å². The molecule has 4 nitrogen and oxygen atoms in total. The number of aromatic hydroxyl groups is 1. The Labute approximate surface area is 154 Å². The number of hydrazone groups is 1. The predicted molar refractivity (Wildman–Crippen MR) is 104 cm³/mol. The number of phenolic OH excluding ortho intramolecular Hbond substituents is 1. The average Bonchev–Trinajstić information content (AvgIpc) is 2.64. The van der Waals surface area contributed by atoms with E-state index in [0.29, 0.717) is 10.8 Å². The molecule has 1 aliphatic heterocycles. The van der Waals surface area contributed by atoms with Gasteiger partial charge in [-0.1, -0.05) is 11.6 Å². The lowest BCUT2D eigenvalue weighted by molar-refractivity contribution is -0.918. The molecule has 2 aromatic rings. The van der Waals surface area contributed by atoms with Crippen LogP contribution in [0.25, 0.3) is 0 Å². The number of benzene rings is 2. The second kappa shape index (κ2) is 8.37. The highest BCUT2D eigenvalue weighted by molar-refractivity contribution is 6.30. The fraction of sp³-hybridized carbons (Fsp3) is 0.350. The van der Waals surface area contributed by atoms with Crippen LogP contribution in [0.3, 0.4) is 0 Å². The fourth-order valence-electron chi connectivity index (χ4n) is 3.19. The van der Waals surface area contributed by atoms with Crippen molar-refractivity contribution in [2.75, 3.05) is 18.5 Å². The maximum Gasteiger partial charge on any atom is 0.124 e. The van der Waals surface area contributed by atoms with Crippen molar-refractivity contribution in [3.8, 4) is 5.75 Å². The largest absolute Gasteiger partial charge is 0.507 e. The van der Waals surface area contributed by atoms with Crippen LogP contribution in [-0.2, 0) is 6.54 Å². The van der Waals surface area contributed by atoms with Crippen LogP contribution < -0.4 is 10.3 Å². The monoisotopic (exact) mass is 358 g/mol. The van der Waals surface area contributed by atoms with Gasteiger partial charge in [0.05, 0.1) is 24.5 Å². The van der Waals surface area contributed by atoms with E-state index < -0.39 is 0 Å². The summed E-state index contributed by atoms with van der Waals surface area (Å²) in [6.07, 6.45) is 3.89. The van der Waals surface area contributed by atoms with Gasteiger partial charge >= 0.3 is 0 Å². The van der Waals surface area contributed by atoms with Gasteiger partial charge in [0, 0.05) is 10.6 Å². The van der Waals surface area contributed by atoms with Crippen molar-refractivity contribution < 1.29 is 10.0 Å². The van der Waals surface area contributed by atoms with Gasteiger partial charge in [0.15, 0.2) is 0 Å². The van der Waals surface area contributed by atoms with Crippen LogP contribution in [-0.4, -0.2) is 23.9 Å². The molecule has 0 atom stereocenters. The zero-order valence-electron chi connectivity index (χ0n) is 14.6. The number of halogens is 1. The van der Waals surface area contributed by atoms with Crippen molar-refractivity contribution in [2.24, 2.45) is 5.10 Å². The molecule has 0 radical (unpaired) electrons. The van der Waals surface area contributed by atoms with E-state index in [-0.39, 0.29) is 0 Å². The van der Waals surface area contributed by atoms with Crippen molar-refractivity contribution in [1.82, 2.24) is 0 Å². The highest BCUT2D eigenvalue weighted by atomic mass is 35.5. The number of hydrogen-bond acceptors (Lipinski definition) is 3. The Morgan fingerprint density at radius 2 is 1.84 bits per heavy atom. The summed E-state index contributed by atoms with van der Waals surface area (Å²) in [7, 11) is 0. The molecule has 2 aromatic carbocycles. The Bertz CT molecular complexity index is 737. The van der Waals surface area contributed by atoms with E-state index in [1.54, 1.807) is 11.0 Å². The summed E-state index contributed by atoms with van der Waals surface area (Å²) in [5.74, 6) is 0.375. The minimum absolute atomic E-state index is 0.375. The molecule has 132 valence electrons. The third-order valence-electron chi connectivity index (χ3n) is 4.70. The molecule has 1 saturated heterocycles. The Kier molecular flexibility index (Phi) is 5.95. The molecule has 0 saturated carbocycles. The number of anilines is 1. The number of quaternary nitrogens is 1. The van der Waals surface area contributed by atoms with E-state index in [2.05, 4.69) is 16.6 Å². The predicted octanol–water partition coefficient (Wildman–Crippen LogP) is 3.45. The summed E-state index contributed by atoms with van der Waals surface area (Å²) in [6.45, 7) is 5.22. The molecule has 0 aliphatic carbocycles. The standard InChI is InChI=1S/C20H24ClN3O/c1-15(22-23-19-8-6-18(21)7-9-19)16-5-10-20(25)17(13-16)14-24-11-3-2-4-12-24/h5-10,13,23,25H,2-4,11-12,14H2,1H3/p+1/b22-15+. The van der Waals surface area contributed by atoms with Gasteiger partial charge in [0.1, 0.15) is 12.3 Å². The molecule has 5 heteroatoms. The minimum Gasteiger partial charge on any atom is -0.507 e. The number of rotatable bonds is 5. The topological polar surface area (TPSA) is 49.1 Å². The number of nitrogens with zero attached hydrogens (tertiary/aromatic N) is 1. The molecule has 1 aliphatic rings. The van der Waals surface area contributed by atoms with Gasteiger partial charge in [-0.25, -0.2) is 0 Å². The Morgan fingerprint density at radius 3 is 2.56 bits per heavy atom. The smallest absolute Gasteiger partial charge is 0.124 e. The van der Waals surface area contributed by atoms with Crippen LogP contribution in [0.2, 0.25) is 5.02 Å². The lowest BCUT2D eigenvalue weighted by Gasteiger charge is -2.24. The first-order valence-electron chi connectivity index (χ1n) is 8.83. The van der Waals surface area contributed by atoms with Gasteiger partial charge in [-0.15, -0.1) is 0 Å². The second-order valence-corrected chi connectivity index (χ2v) is 7.08. The molecule has 3 rings (SSSR count). The molecular weight excluding hydrogens is 334 g/mol. The Morgan fingerprint density at radius 1 is 1.12 bits per heavy atom. The van der Waals surface area contributed by atoms with Crippen molar-refractivity contribution in [3.05, 3.63) is 58.6 Å². The third-order valence-corrected chi connectivity index (χ3v) is 4.95. The Balaban J connectivity index is 1.71. The molecule has 0 spiro atoms. The minimum atomic E-state index is 0.375. The van der Waals surface area contributed by atoms with E-state index >= 15 is 0 Å². The highest BCUT2D eigenvalue weighted by Crippen LogP contribution is 2.19. The van der Waals surface area contributed by atoms with Crippen molar-refractivity contribution in [3.63, 3.8) is 0 Å². The van der Waals surface area contributed by atoms with Crippen LogP contribution >= 0.6 is 11.6 Å². The van der Waals surface area contributed by atoms with Gasteiger partial charge < -0.3 is 10.0 Å². The highest BCUT2D eigenvalue weighted by Gasteiger charge is 2.16. The molecular formula is C20H25ClN3O+. The first-order chi connectivity index (χ1) is 12.1. The molecule has 0 amide bonds. The Hall–Kier alpha value is -2.04. The van der Waals surface area contributed by atoms with Gasteiger partial charge in [0.2, 0.25) is 0 Å². The lowest BCUT2D eigenvalue weighted by atomic mass is 10.0. The third kappa shape index (κ3) is 4.97. The maximum atomic E-state index is 10.2. The zero-order valence-corrected chi connectivity index (χ0v) is 15.3. The van der Waals surface area contributed by atoms with E-state index in [1.165, 1.54) is 32.4 Å². The van der Waals surface area contributed by atoms with Crippen molar-refractivity contribution >= 4 is 23.0 Å². The molecule has 0 unspecified atom stereocenters. The maximum absolute atomic E-state index is 10.2. The van der Waals surface area contributed by atoms with E-state index in [1.807, 2.05) is 37.3 Å². The summed E-state index contributed by atoms with van der Waals surface area (Å²) < 4.78 is 0. The number of nitrogens with one attached hydrogen (secondary N) is 2. The van der Waals surface area contributed by atoms with Crippen LogP contribution in [0.1, 0.15) is 37.3 Å². The van der Waals surface area contributed by atoms with E-state index in [0.717, 1.165) is 29.1 Å². The van der Waals surface area contributed by atoms with Crippen LogP contribution in [0.4, 0.5) is 5.69 Å². The first kappa shape index (κ1) is 17.8. The molecule has 25 heavy (non-hydrogen) atoms. The van der Waals surface area contributed by atoms with E-state index in [4.69, 9.17) is 11.6 Å². The molecule has 0 aromatic heterocycles. The number of hydrogen-bond donors (Lipinski definition) is 3. The SMILES string of the molecule is C/C(=N\Nc1ccc(Cl)cc1)c1ccc(O)c(C[NH+]2CCCCC2)c1. The van der Waals surface area contributed by atoms with Crippen molar-refractivity contribution in [1.29, 1.82) is 0 Å². The summed E-state index contributed by atoms with van der Waals surface area (Å²) in [5, 5.41) is 15.4. The first-order valence-corrected chi connectivity index (χ1v) is 9.21. The summed E-state index contributed by atoms with van der Waals surface area (Å²) in [5.41, 5.74) is 6.83. The number of phenols is 1. The van der Waals surface area contributed by atoms with Crippen LogP contribution in [0.5, 0.6) is 5.75 Å². The molecule has 0 bridgehead atoms. The molecule has 1 fully saturated rings. The quantitative estimate of drug-likeness (QED) is 0.566. The summed E-state index contributed by atoms with van der Waals surface area (Å²) >= 11 is 5.89. The second-order valence-electron chi connectivity index (χ2n) is 6.65. The molecule has 1 heterocycles.